The van der Waals surface area contributed by atoms with Crippen molar-refractivity contribution < 1.29 is 4.79 Å². The van der Waals surface area contributed by atoms with Crippen molar-refractivity contribution in [3.63, 3.8) is 0 Å². The lowest BCUT2D eigenvalue weighted by atomic mass is 10.1. The molecule has 19 heavy (non-hydrogen) atoms. The molecule has 0 unspecified atom stereocenters. The number of nitrogens with one attached hydrogen (secondary N) is 1. The van der Waals surface area contributed by atoms with Gasteiger partial charge < -0.3 is 5.32 Å². The Bertz CT molecular complexity index is 615. The Kier molecular flexibility index (Phi) is 3.86. The normalized spacial score (nSPS) is 10.3. The molecule has 1 heterocycles. The van der Waals surface area contributed by atoms with Crippen molar-refractivity contribution in [2.24, 2.45) is 0 Å². The van der Waals surface area contributed by atoms with Crippen LogP contribution in [-0.2, 0) is 0 Å². The summed E-state index contributed by atoms with van der Waals surface area (Å²) in [7, 11) is 0. The number of carbonyl (C=O) groups is 1. The quantitative estimate of drug-likeness (QED) is 0.844. The Morgan fingerprint density at radius 1 is 1.21 bits per heavy atom. The number of rotatable bonds is 2. The minimum Gasteiger partial charge on any atom is -0.322 e. The molecule has 1 N–H and O–H groups in total. The van der Waals surface area contributed by atoms with Crippen LogP contribution < -0.4 is 5.32 Å². The molecule has 0 fully saturated rings. The fraction of sp³-hybridized carbons (Fsp3) is 0.200. The van der Waals surface area contributed by atoms with Crippen LogP contribution in [0.5, 0.6) is 0 Å². The summed E-state index contributed by atoms with van der Waals surface area (Å²) >= 11 is 6.06. The zero-order valence-corrected chi connectivity index (χ0v) is 11.9. The summed E-state index contributed by atoms with van der Waals surface area (Å²) < 4.78 is 0. The van der Waals surface area contributed by atoms with Gasteiger partial charge in [0.25, 0.3) is 5.91 Å². The van der Waals surface area contributed by atoms with Gasteiger partial charge in [-0.3, -0.25) is 4.79 Å². The molecule has 0 saturated carbocycles. The van der Waals surface area contributed by atoms with Gasteiger partial charge in [-0.1, -0.05) is 23.7 Å². The molecule has 3 nitrogen and oxygen atoms in total. The standard InChI is InChI=1S/C15H15ClN2O/c1-9-5-4-6-12(7-9)18-15(19)13-10(2)8-11(3)17-14(13)16/h4-8H,1-3H3,(H,18,19). The number of nitrogens with zero attached hydrogens (tertiary/aromatic N) is 1. The SMILES string of the molecule is Cc1cccc(NC(=O)c2c(C)cc(C)nc2Cl)c1. The fourth-order valence-electron chi connectivity index (χ4n) is 1.98. The van der Waals surface area contributed by atoms with Crippen LogP contribution in [0.4, 0.5) is 5.69 Å². The van der Waals surface area contributed by atoms with E-state index in [1.165, 1.54) is 0 Å². The lowest BCUT2D eigenvalue weighted by Crippen LogP contribution is -2.15. The number of amides is 1. The number of anilines is 1. The summed E-state index contributed by atoms with van der Waals surface area (Å²) in [6.45, 7) is 5.67. The number of aromatic nitrogens is 1. The first-order chi connectivity index (χ1) is 8.97. The van der Waals surface area contributed by atoms with Gasteiger partial charge in [-0.2, -0.15) is 0 Å². The van der Waals surface area contributed by atoms with Crippen LogP contribution in [0.15, 0.2) is 30.3 Å². The summed E-state index contributed by atoms with van der Waals surface area (Å²) in [5.74, 6) is -0.236. The van der Waals surface area contributed by atoms with Gasteiger partial charge in [0.05, 0.1) is 5.56 Å². The van der Waals surface area contributed by atoms with Crippen LogP contribution in [0.1, 0.15) is 27.2 Å². The van der Waals surface area contributed by atoms with Gasteiger partial charge in [-0.05, 0) is 50.1 Å². The van der Waals surface area contributed by atoms with Gasteiger partial charge in [0.2, 0.25) is 0 Å². The van der Waals surface area contributed by atoms with E-state index >= 15 is 0 Å². The molecular weight excluding hydrogens is 260 g/mol. The second-order valence-corrected chi connectivity index (χ2v) is 4.93. The highest BCUT2D eigenvalue weighted by Gasteiger charge is 2.15. The molecule has 0 aliphatic heterocycles. The van der Waals surface area contributed by atoms with E-state index in [1.807, 2.05) is 51.1 Å². The van der Waals surface area contributed by atoms with Crippen molar-refractivity contribution in [2.75, 3.05) is 5.32 Å². The number of pyridine rings is 1. The monoisotopic (exact) mass is 274 g/mol. The van der Waals surface area contributed by atoms with Crippen molar-refractivity contribution in [1.29, 1.82) is 0 Å². The number of aryl methyl sites for hydroxylation is 3. The third-order valence-electron chi connectivity index (χ3n) is 2.80. The van der Waals surface area contributed by atoms with Crippen molar-refractivity contribution in [3.8, 4) is 0 Å². The van der Waals surface area contributed by atoms with Crippen LogP contribution in [0.25, 0.3) is 0 Å². The van der Waals surface area contributed by atoms with Gasteiger partial charge in [-0.25, -0.2) is 4.98 Å². The van der Waals surface area contributed by atoms with E-state index in [0.29, 0.717) is 5.56 Å². The van der Waals surface area contributed by atoms with Crippen LogP contribution in [-0.4, -0.2) is 10.9 Å². The van der Waals surface area contributed by atoms with Crippen LogP contribution in [0.3, 0.4) is 0 Å². The molecule has 0 aliphatic rings. The van der Waals surface area contributed by atoms with E-state index in [0.717, 1.165) is 22.5 Å². The summed E-state index contributed by atoms with van der Waals surface area (Å²) in [5.41, 5.74) is 3.88. The second-order valence-electron chi connectivity index (χ2n) is 4.57. The number of hydrogen-bond acceptors (Lipinski definition) is 2. The molecule has 4 heteroatoms. The summed E-state index contributed by atoms with van der Waals surface area (Å²) in [6.07, 6.45) is 0. The third-order valence-corrected chi connectivity index (χ3v) is 3.08. The highest BCUT2D eigenvalue weighted by molar-refractivity contribution is 6.33. The fourth-order valence-corrected chi connectivity index (χ4v) is 2.35. The first-order valence-corrected chi connectivity index (χ1v) is 6.37. The van der Waals surface area contributed by atoms with E-state index in [4.69, 9.17) is 11.6 Å². The van der Waals surface area contributed by atoms with E-state index in [9.17, 15) is 4.79 Å². The molecule has 0 spiro atoms. The van der Waals surface area contributed by atoms with Crippen LogP contribution >= 0.6 is 11.6 Å². The Morgan fingerprint density at radius 3 is 2.58 bits per heavy atom. The van der Waals surface area contributed by atoms with E-state index < -0.39 is 0 Å². The largest absolute Gasteiger partial charge is 0.322 e. The van der Waals surface area contributed by atoms with Crippen molar-refractivity contribution in [2.45, 2.75) is 20.8 Å². The zero-order chi connectivity index (χ0) is 14.0. The van der Waals surface area contributed by atoms with E-state index in [1.54, 1.807) is 0 Å². The number of halogens is 1. The average molecular weight is 275 g/mol. The predicted molar refractivity (Wildman–Crippen MR) is 77.9 cm³/mol. The molecule has 1 aromatic heterocycles. The van der Waals surface area contributed by atoms with E-state index in [-0.39, 0.29) is 11.1 Å². The topological polar surface area (TPSA) is 42.0 Å². The highest BCUT2D eigenvalue weighted by atomic mass is 35.5. The lowest BCUT2D eigenvalue weighted by molar-refractivity contribution is 0.102. The Balaban J connectivity index is 2.31. The summed E-state index contributed by atoms with van der Waals surface area (Å²) in [6, 6.07) is 9.46. The molecule has 0 saturated heterocycles. The third kappa shape index (κ3) is 3.12. The summed E-state index contributed by atoms with van der Waals surface area (Å²) in [4.78, 5) is 16.4. The highest BCUT2D eigenvalue weighted by Crippen LogP contribution is 2.20. The molecule has 0 atom stereocenters. The number of hydrogen-bond donors (Lipinski definition) is 1. The smallest absolute Gasteiger partial charge is 0.259 e. The molecule has 2 aromatic rings. The molecule has 1 amide bonds. The molecule has 0 aliphatic carbocycles. The van der Waals surface area contributed by atoms with Gasteiger partial charge in [0.1, 0.15) is 5.15 Å². The van der Waals surface area contributed by atoms with Crippen molar-refractivity contribution in [3.05, 3.63) is 57.9 Å². The van der Waals surface area contributed by atoms with Crippen LogP contribution in [0.2, 0.25) is 5.15 Å². The summed E-state index contributed by atoms with van der Waals surface area (Å²) in [5, 5.41) is 3.08. The maximum Gasteiger partial charge on any atom is 0.259 e. The van der Waals surface area contributed by atoms with Gasteiger partial charge in [-0.15, -0.1) is 0 Å². The average Bonchev–Trinajstić information content (AvgIpc) is 2.27. The Morgan fingerprint density at radius 2 is 1.95 bits per heavy atom. The van der Waals surface area contributed by atoms with E-state index in [2.05, 4.69) is 10.3 Å². The molecule has 1 aromatic carbocycles. The van der Waals surface area contributed by atoms with Crippen molar-refractivity contribution in [1.82, 2.24) is 4.98 Å². The molecule has 0 radical (unpaired) electrons. The van der Waals surface area contributed by atoms with Gasteiger partial charge in [0.15, 0.2) is 0 Å². The molecule has 2 rings (SSSR count). The maximum atomic E-state index is 12.2. The minimum atomic E-state index is -0.236. The number of carbonyl (C=O) groups excluding carboxylic acids is 1. The molecule has 98 valence electrons. The first kappa shape index (κ1) is 13.6. The Labute approximate surface area is 117 Å². The Hall–Kier alpha value is -1.87. The van der Waals surface area contributed by atoms with Crippen molar-refractivity contribution >= 4 is 23.2 Å². The van der Waals surface area contributed by atoms with Crippen LogP contribution in [0, 0.1) is 20.8 Å². The predicted octanol–water partition coefficient (Wildman–Crippen LogP) is 3.91. The zero-order valence-electron chi connectivity index (χ0n) is 11.1. The maximum absolute atomic E-state index is 12.2. The van der Waals surface area contributed by atoms with Gasteiger partial charge >= 0.3 is 0 Å². The van der Waals surface area contributed by atoms with Gasteiger partial charge in [0, 0.05) is 11.4 Å². The second kappa shape index (κ2) is 5.41. The number of benzene rings is 1. The minimum absolute atomic E-state index is 0.236. The lowest BCUT2D eigenvalue weighted by Gasteiger charge is -2.10. The molecule has 0 bridgehead atoms. The molecular formula is C15H15ClN2O. The first-order valence-electron chi connectivity index (χ1n) is 5.99.